The van der Waals surface area contributed by atoms with Crippen molar-refractivity contribution < 1.29 is 18.7 Å². The Morgan fingerprint density at radius 3 is 2.77 bits per heavy atom. The number of aromatic nitrogens is 1. The van der Waals surface area contributed by atoms with Crippen LogP contribution in [0.3, 0.4) is 0 Å². The number of rotatable bonds is 4. The minimum absolute atomic E-state index is 0.248. The van der Waals surface area contributed by atoms with Gasteiger partial charge < -0.3 is 10.1 Å². The average molecular weight is 373 g/mol. The van der Waals surface area contributed by atoms with Crippen molar-refractivity contribution in [3.63, 3.8) is 0 Å². The highest BCUT2D eigenvalue weighted by atomic mass is 35.5. The molecule has 3 rings (SSSR count). The van der Waals surface area contributed by atoms with E-state index in [-0.39, 0.29) is 11.3 Å². The van der Waals surface area contributed by atoms with Crippen LogP contribution in [-0.2, 0) is 9.53 Å². The van der Waals surface area contributed by atoms with E-state index in [1.54, 1.807) is 31.2 Å². The second kappa shape index (κ2) is 7.49. The molecule has 0 bridgehead atoms. The Morgan fingerprint density at radius 1 is 1.19 bits per heavy atom. The number of ether oxygens (including phenoxy) is 1. The molecule has 1 heterocycles. The Kier molecular flexibility index (Phi) is 5.14. The molecular weight excluding hydrogens is 359 g/mol. The third-order valence-corrected chi connectivity index (χ3v) is 3.87. The number of fused-ring (bicyclic) bond motifs is 1. The van der Waals surface area contributed by atoms with Gasteiger partial charge in [-0.2, -0.15) is 0 Å². The van der Waals surface area contributed by atoms with E-state index in [1.165, 1.54) is 24.3 Å². The fourth-order valence-corrected chi connectivity index (χ4v) is 2.60. The molecule has 26 heavy (non-hydrogen) atoms. The largest absolute Gasteiger partial charge is 0.452 e. The maximum absolute atomic E-state index is 13.1. The monoisotopic (exact) mass is 372 g/mol. The lowest BCUT2D eigenvalue weighted by atomic mass is 10.1. The van der Waals surface area contributed by atoms with E-state index in [1.807, 2.05) is 0 Å². The molecule has 7 heteroatoms. The van der Waals surface area contributed by atoms with Crippen molar-refractivity contribution >= 4 is 40.1 Å². The quantitative estimate of drug-likeness (QED) is 0.699. The summed E-state index contributed by atoms with van der Waals surface area (Å²) in [7, 11) is 0. The SMILES string of the molecule is Cc1nc2ccc(Cl)cc2cc1C(=O)OCC(=O)Nc1cccc(F)c1. The Labute approximate surface area is 153 Å². The van der Waals surface area contributed by atoms with Gasteiger partial charge in [0.1, 0.15) is 5.82 Å². The molecule has 0 spiro atoms. The normalized spacial score (nSPS) is 10.6. The second-order valence-corrected chi connectivity index (χ2v) is 6.03. The summed E-state index contributed by atoms with van der Waals surface area (Å²) in [6, 6.07) is 12.2. The van der Waals surface area contributed by atoms with Crippen molar-refractivity contribution in [3.05, 3.63) is 70.6 Å². The molecule has 0 saturated heterocycles. The van der Waals surface area contributed by atoms with Crippen molar-refractivity contribution in [2.24, 2.45) is 0 Å². The van der Waals surface area contributed by atoms with Crippen LogP contribution < -0.4 is 5.32 Å². The molecule has 2 aromatic carbocycles. The Bertz CT molecular complexity index is 1010. The highest BCUT2D eigenvalue weighted by molar-refractivity contribution is 6.31. The Morgan fingerprint density at radius 2 is 2.00 bits per heavy atom. The van der Waals surface area contributed by atoms with Gasteiger partial charge in [-0.15, -0.1) is 0 Å². The van der Waals surface area contributed by atoms with Gasteiger partial charge >= 0.3 is 5.97 Å². The van der Waals surface area contributed by atoms with Crippen LogP contribution in [0.15, 0.2) is 48.5 Å². The smallest absolute Gasteiger partial charge is 0.340 e. The number of carbonyl (C=O) groups excluding carboxylic acids is 2. The number of hydrogen-bond donors (Lipinski definition) is 1. The number of benzene rings is 2. The lowest BCUT2D eigenvalue weighted by molar-refractivity contribution is -0.119. The van der Waals surface area contributed by atoms with Crippen molar-refractivity contribution in [2.45, 2.75) is 6.92 Å². The van der Waals surface area contributed by atoms with Gasteiger partial charge in [0.2, 0.25) is 0 Å². The molecule has 0 atom stereocenters. The third-order valence-electron chi connectivity index (χ3n) is 3.63. The summed E-state index contributed by atoms with van der Waals surface area (Å²) < 4.78 is 18.1. The molecule has 0 aliphatic rings. The number of hydrogen-bond acceptors (Lipinski definition) is 4. The summed E-state index contributed by atoms with van der Waals surface area (Å²) in [6.45, 7) is 1.18. The predicted molar refractivity (Wildman–Crippen MR) is 96.8 cm³/mol. The number of carbonyl (C=O) groups is 2. The van der Waals surface area contributed by atoms with Gasteiger partial charge in [0, 0.05) is 16.1 Å². The van der Waals surface area contributed by atoms with Gasteiger partial charge in [-0.1, -0.05) is 17.7 Å². The van der Waals surface area contributed by atoms with Gasteiger partial charge in [-0.25, -0.2) is 9.18 Å². The Balaban J connectivity index is 1.68. The van der Waals surface area contributed by atoms with Crippen LogP contribution >= 0.6 is 11.6 Å². The van der Waals surface area contributed by atoms with Crippen molar-refractivity contribution in [1.82, 2.24) is 4.98 Å². The summed E-state index contributed by atoms with van der Waals surface area (Å²) in [4.78, 5) is 28.5. The standard InChI is InChI=1S/C19H14ClFN2O3/c1-11-16(8-12-7-13(20)5-6-17(12)22-11)19(25)26-10-18(24)23-15-4-2-3-14(21)9-15/h2-9H,10H2,1H3,(H,23,24). The lowest BCUT2D eigenvalue weighted by Crippen LogP contribution is -2.21. The van der Waals surface area contributed by atoms with Crippen molar-refractivity contribution in [1.29, 1.82) is 0 Å². The van der Waals surface area contributed by atoms with E-state index in [4.69, 9.17) is 16.3 Å². The van der Waals surface area contributed by atoms with E-state index < -0.39 is 24.3 Å². The molecule has 0 aliphatic heterocycles. The minimum atomic E-state index is -0.675. The molecule has 3 aromatic rings. The molecule has 1 aromatic heterocycles. The van der Waals surface area contributed by atoms with Gasteiger partial charge in [0.25, 0.3) is 5.91 Å². The zero-order valence-electron chi connectivity index (χ0n) is 13.8. The molecular formula is C19H14ClFN2O3. The van der Waals surface area contributed by atoms with E-state index >= 15 is 0 Å². The third kappa shape index (κ3) is 4.15. The van der Waals surface area contributed by atoms with Crippen molar-refractivity contribution in [3.8, 4) is 0 Å². The van der Waals surface area contributed by atoms with Crippen LogP contribution in [0.4, 0.5) is 10.1 Å². The van der Waals surface area contributed by atoms with E-state index in [2.05, 4.69) is 10.3 Å². The molecule has 0 fully saturated rings. The van der Waals surface area contributed by atoms with Crippen LogP contribution in [-0.4, -0.2) is 23.5 Å². The van der Waals surface area contributed by atoms with Crippen LogP contribution in [0, 0.1) is 12.7 Å². The fraction of sp³-hybridized carbons (Fsp3) is 0.105. The molecule has 1 N–H and O–H groups in total. The van der Waals surface area contributed by atoms with E-state index in [0.717, 1.165) is 0 Å². The number of pyridine rings is 1. The molecule has 5 nitrogen and oxygen atoms in total. The zero-order chi connectivity index (χ0) is 18.7. The number of nitrogens with one attached hydrogen (secondary N) is 1. The van der Waals surface area contributed by atoms with Crippen LogP contribution in [0.1, 0.15) is 16.1 Å². The van der Waals surface area contributed by atoms with Crippen LogP contribution in [0.25, 0.3) is 10.9 Å². The summed E-state index contributed by atoms with van der Waals surface area (Å²) in [5.41, 5.74) is 1.71. The highest BCUT2D eigenvalue weighted by Gasteiger charge is 2.15. The van der Waals surface area contributed by atoms with Crippen molar-refractivity contribution in [2.75, 3.05) is 11.9 Å². The maximum Gasteiger partial charge on any atom is 0.340 e. The molecule has 0 aliphatic carbocycles. The van der Waals surface area contributed by atoms with Gasteiger partial charge in [0.15, 0.2) is 6.61 Å². The number of esters is 1. The van der Waals surface area contributed by atoms with Crippen LogP contribution in [0.2, 0.25) is 5.02 Å². The Hall–Kier alpha value is -2.99. The lowest BCUT2D eigenvalue weighted by Gasteiger charge is -2.09. The molecule has 132 valence electrons. The number of anilines is 1. The average Bonchev–Trinajstić information content (AvgIpc) is 2.59. The number of amides is 1. The van der Waals surface area contributed by atoms with E-state index in [0.29, 0.717) is 21.6 Å². The first-order valence-corrected chi connectivity index (χ1v) is 8.09. The first-order valence-electron chi connectivity index (χ1n) is 7.72. The number of nitrogens with zero attached hydrogens (tertiary/aromatic N) is 1. The van der Waals surface area contributed by atoms with Crippen LogP contribution in [0.5, 0.6) is 0 Å². The molecule has 0 saturated carbocycles. The topological polar surface area (TPSA) is 68.3 Å². The summed E-state index contributed by atoms with van der Waals surface area (Å²) in [5.74, 6) is -1.72. The van der Waals surface area contributed by atoms with Gasteiger partial charge in [-0.05, 0) is 49.4 Å². The maximum atomic E-state index is 13.1. The van der Waals surface area contributed by atoms with E-state index in [9.17, 15) is 14.0 Å². The molecule has 1 amide bonds. The first kappa shape index (κ1) is 17.8. The number of aryl methyl sites for hydroxylation is 1. The molecule has 0 unspecified atom stereocenters. The fourth-order valence-electron chi connectivity index (χ4n) is 2.42. The molecule has 0 radical (unpaired) electrons. The minimum Gasteiger partial charge on any atom is -0.452 e. The summed E-state index contributed by atoms with van der Waals surface area (Å²) >= 11 is 5.96. The van der Waals surface area contributed by atoms with Gasteiger partial charge in [-0.3, -0.25) is 9.78 Å². The second-order valence-electron chi connectivity index (χ2n) is 5.59. The zero-order valence-corrected chi connectivity index (χ0v) is 14.5. The summed E-state index contributed by atoms with van der Waals surface area (Å²) in [6.07, 6.45) is 0. The van der Waals surface area contributed by atoms with Gasteiger partial charge in [0.05, 0.1) is 16.8 Å². The number of halogens is 2. The first-order chi connectivity index (χ1) is 12.4. The summed E-state index contributed by atoms with van der Waals surface area (Å²) in [5, 5.41) is 3.67. The predicted octanol–water partition coefficient (Wildman–Crippen LogP) is 4.13. The highest BCUT2D eigenvalue weighted by Crippen LogP contribution is 2.21.